The molecule has 0 bridgehead atoms. The lowest BCUT2D eigenvalue weighted by atomic mass is 9.95. The molecule has 1 aliphatic rings. The summed E-state index contributed by atoms with van der Waals surface area (Å²) in [4.78, 5) is 20.9. The van der Waals surface area contributed by atoms with Gasteiger partial charge in [0.1, 0.15) is 0 Å². The molecule has 0 aromatic carbocycles. The molecule has 1 aromatic heterocycles. The van der Waals surface area contributed by atoms with Crippen molar-refractivity contribution >= 4 is 17.7 Å². The molecular weight excluding hydrogens is 258 g/mol. The largest absolute Gasteiger partial charge is 0.349 e. The molecule has 1 fully saturated rings. The normalized spacial score (nSPS) is 16.3. The van der Waals surface area contributed by atoms with Crippen LogP contribution in [0.1, 0.15) is 55.1 Å². The van der Waals surface area contributed by atoms with Gasteiger partial charge in [-0.2, -0.15) is 0 Å². The van der Waals surface area contributed by atoms with Crippen molar-refractivity contribution in [2.24, 2.45) is 0 Å². The first-order chi connectivity index (χ1) is 9.24. The second-order valence-electron chi connectivity index (χ2n) is 4.88. The fourth-order valence-corrected chi connectivity index (χ4v) is 2.83. The topological polar surface area (TPSA) is 54.9 Å². The minimum atomic E-state index is -0.0172. The Morgan fingerprint density at radius 2 is 2.16 bits per heavy atom. The number of nitrogens with one attached hydrogen (secondary N) is 1. The van der Waals surface area contributed by atoms with Crippen molar-refractivity contribution in [3.05, 3.63) is 17.5 Å². The van der Waals surface area contributed by atoms with Gasteiger partial charge in [0, 0.05) is 12.2 Å². The van der Waals surface area contributed by atoms with Gasteiger partial charge in [0.05, 0.1) is 11.3 Å². The number of hydrogen-bond donors (Lipinski definition) is 1. The average molecular weight is 279 g/mol. The minimum Gasteiger partial charge on any atom is -0.349 e. The smallest absolute Gasteiger partial charge is 0.254 e. The average Bonchev–Trinajstić information content (AvgIpc) is 2.47. The molecule has 1 N–H and O–H groups in total. The molecule has 19 heavy (non-hydrogen) atoms. The van der Waals surface area contributed by atoms with Gasteiger partial charge in [0.15, 0.2) is 5.16 Å². The van der Waals surface area contributed by atoms with E-state index in [1.807, 2.05) is 13.2 Å². The van der Waals surface area contributed by atoms with E-state index in [-0.39, 0.29) is 5.91 Å². The summed E-state index contributed by atoms with van der Waals surface area (Å²) in [7, 11) is 0. The highest BCUT2D eigenvalue weighted by atomic mass is 32.2. The summed E-state index contributed by atoms with van der Waals surface area (Å²) in [5, 5.41) is 3.85. The van der Waals surface area contributed by atoms with Crippen LogP contribution in [0.3, 0.4) is 0 Å². The van der Waals surface area contributed by atoms with Gasteiger partial charge in [0.25, 0.3) is 5.91 Å². The van der Waals surface area contributed by atoms with Gasteiger partial charge in [-0.3, -0.25) is 4.79 Å². The van der Waals surface area contributed by atoms with E-state index in [1.165, 1.54) is 31.0 Å². The molecule has 0 spiro atoms. The van der Waals surface area contributed by atoms with Gasteiger partial charge in [-0.05, 0) is 25.5 Å². The van der Waals surface area contributed by atoms with Crippen molar-refractivity contribution in [3.63, 3.8) is 0 Å². The Kier molecular flexibility index (Phi) is 5.19. The molecule has 0 saturated heterocycles. The van der Waals surface area contributed by atoms with Crippen LogP contribution in [0.4, 0.5) is 0 Å². The van der Waals surface area contributed by atoms with Gasteiger partial charge in [-0.1, -0.05) is 37.9 Å². The number of rotatable bonds is 4. The molecule has 5 heteroatoms. The summed E-state index contributed by atoms with van der Waals surface area (Å²) in [6.45, 7) is 2.02. The van der Waals surface area contributed by atoms with E-state index in [9.17, 15) is 4.79 Å². The second-order valence-corrected chi connectivity index (χ2v) is 5.65. The Balaban J connectivity index is 2.09. The van der Waals surface area contributed by atoms with Crippen LogP contribution in [0.15, 0.2) is 11.4 Å². The van der Waals surface area contributed by atoms with Crippen molar-refractivity contribution in [1.82, 2.24) is 15.3 Å². The zero-order chi connectivity index (χ0) is 13.7. The SMILES string of the molecule is CCc1nc(SC)ncc1C(=O)NC1CCCCC1. The molecule has 0 aliphatic heterocycles. The number of carbonyl (C=O) groups excluding carboxylic acids is 1. The first-order valence-electron chi connectivity index (χ1n) is 6.95. The number of carbonyl (C=O) groups is 1. The van der Waals surface area contributed by atoms with Crippen molar-refractivity contribution in [3.8, 4) is 0 Å². The van der Waals surface area contributed by atoms with E-state index in [4.69, 9.17) is 0 Å². The van der Waals surface area contributed by atoms with E-state index in [0.717, 1.165) is 30.1 Å². The molecule has 0 unspecified atom stereocenters. The van der Waals surface area contributed by atoms with Crippen molar-refractivity contribution in [2.75, 3.05) is 6.26 Å². The van der Waals surface area contributed by atoms with Crippen LogP contribution in [-0.2, 0) is 6.42 Å². The van der Waals surface area contributed by atoms with E-state index in [0.29, 0.717) is 11.6 Å². The Morgan fingerprint density at radius 3 is 2.79 bits per heavy atom. The van der Waals surface area contributed by atoms with Gasteiger partial charge < -0.3 is 5.32 Å². The third-order valence-corrected chi connectivity index (χ3v) is 4.11. The number of aromatic nitrogens is 2. The van der Waals surface area contributed by atoms with Gasteiger partial charge in [-0.15, -0.1) is 0 Å². The maximum Gasteiger partial charge on any atom is 0.254 e. The molecule has 2 rings (SSSR count). The highest BCUT2D eigenvalue weighted by Crippen LogP contribution is 2.18. The van der Waals surface area contributed by atoms with E-state index >= 15 is 0 Å². The molecule has 1 heterocycles. The summed E-state index contributed by atoms with van der Waals surface area (Å²) in [5.41, 5.74) is 1.47. The molecular formula is C14H21N3OS. The summed E-state index contributed by atoms with van der Waals surface area (Å²) >= 11 is 1.50. The van der Waals surface area contributed by atoms with Crippen LogP contribution in [0, 0.1) is 0 Å². The molecule has 1 amide bonds. The monoisotopic (exact) mass is 279 g/mol. The number of nitrogens with zero attached hydrogens (tertiary/aromatic N) is 2. The first kappa shape index (κ1) is 14.3. The number of hydrogen-bond acceptors (Lipinski definition) is 4. The molecule has 1 aromatic rings. The lowest BCUT2D eigenvalue weighted by Crippen LogP contribution is -2.36. The van der Waals surface area contributed by atoms with Crippen molar-refractivity contribution in [2.45, 2.75) is 56.6 Å². The standard InChI is InChI=1S/C14H21N3OS/c1-3-12-11(9-15-14(17-12)19-2)13(18)16-10-7-5-4-6-8-10/h9-10H,3-8H2,1-2H3,(H,16,18). The Hall–Kier alpha value is -1.10. The lowest BCUT2D eigenvalue weighted by molar-refractivity contribution is 0.0925. The van der Waals surface area contributed by atoms with Crippen LogP contribution >= 0.6 is 11.8 Å². The Bertz CT molecular complexity index is 444. The van der Waals surface area contributed by atoms with Crippen LogP contribution in [0.5, 0.6) is 0 Å². The Labute approximate surface area is 118 Å². The van der Waals surface area contributed by atoms with E-state index in [2.05, 4.69) is 15.3 Å². The van der Waals surface area contributed by atoms with E-state index < -0.39 is 0 Å². The summed E-state index contributed by atoms with van der Waals surface area (Å²) in [6, 6.07) is 0.325. The maximum absolute atomic E-state index is 12.3. The number of aryl methyl sites for hydroxylation is 1. The minimum absolute atomic E-state index is 0.0172. The molecule has 4 nitrogen and oxygen atoms in total. The predicted octanol–water partition coefficient (Wildman–Crippen LogP) is 2.82. The summed E-state index contributed by atoms with van der Waals surface area (Å²) in [5.74, 6) is -0.0172. The summed E-state index contributed by atoms with van der Waals surface area (Å²) < 4.78 is 0. The third kappa shape index (κ3) is 3.69. The zero-order valence-electron chi connectivity index (χ0n) is 11.6. The lowest BCUT2D eigenvalue weighted by Gasteiger charge is -2.23. The van der Waals surface area contributed by atoms with Gasteiger partial charge in [0.2, 0.25) is 0 Å². The molecule has 0 atom stereocenters. The highest BCUT2D eigenvalue weighted by Gasteiger charge is 2.19. The van der Waals surface area contributed by atoms with Crippen molar-refractivity contribution < 1.29 is 4.79 Å². The quantitative estimate of drug-likeness (QED) is 0.680. The number of amides is 1. The highest BCUT2D eigenvalue weighted by molar-refractivity contribution is 7.98. The predicted molar refractivity (Wildman–Crippen MR) is 77.5 cm³/mol. The fourth-order valence-electron chi connectivity index (χ4n) is 2.47. The van der Waals surface area contributed by atoms with Crippen molar-refractivity contribution in [1.29, 1.82) is 0 Å². The first-order valence-corrected chi connectivity index (χ1v) is 8.17. The molecule has 1 aliphatic carbocycles. The van der Waals surface area contributed by atoms with Gasteiger partial charge in [-0.25, -0.2) is 9.97 Å². The van der Waals surface area contributed by atoms with Gasteiger partial charge >= 0.3 is 0 Å². The summed E-state index contributed by atoms with van der Waals surface area (Å²) in [6.07, 6.45) is 10.3. The number of thioether (sulfide) groups is 1. The Morgan fingerprint density at radius 1 is 1.42 bits per heavy atom. The maximum atomic E-state index is 12.3. The zero-order valence-corrected chi connectivity index (χ0v) is 12.4. The molecule has 1 saturated carbocycles. The second kappa shape index (κ2) is 6.89. The molecule has 104 valence electrons. The fraction of sp³-hybridized carbons (Fsp3) is 0.643. The van der Waals surface area contributed by atoms with Crippen LogP contribution in [-0.4, -0.2) is 28.2 Å². The van der Waals surface area contributed by atoms with Crippen LogP contribution in [0.2, 0.25) is 0 Å². The van der Waals surface area contributed by atoms with E-state index in [1.54, 1.807) is 6.20 Å². The third-order valence-electron chi connectivity index (χ3n) is 3.55. The molecule has 0 radical (unpaired) electrons. The van der Waals surface area contributed by atoms with Crippen LogP contribution < -0.4 is 5.32 Å². The van der Waals surface area contributed by atoms with Crippen LogP contribution in [0.25, 0.3) is 0 Å².